The normalized spacial score (nSPS) is 12.7. The highest BCUT2D eigenvalue weighted by molar-refractivity contribution is 5.82. The van der Waals surface area contributed by atoms with Gasteiger partial charge in [-0.15, -0.1) is 0 Å². The molecule has 2 heteroatoms. The molecule has 3 rings (SSSR count). The van der Waals surface area contributed by atoms with Crippen LogP contribution < -0.4 is 5.32 Å². The van der Waals surface area contributed by atoms with Crippen molar-refractivity contribution in [3.63, 3.8) is 0 Å². The van der Waals surface area contributed by atoms with E-state index in [1.807, 2.05) is 0 Å². The lowest BCUT2D eigenvalue weighted by atomic mass is 10.1. The molecule has 20 heavy (non-hydrogen) atoms. The SMILES string of the molecule is Cc1cccc([C@H](C)NCc2c[nH]c3ccccc23)c1. The fourth-order valence-electron chi connectivity index (χ4n) is 2.60. The number of rotatable bonds is 4. The van der Waals surface area contributed by atoms with E-state index in [-0.39, 0.29) is 0 Å². The lowest BCUT2D eigenvalue weighted by molar-refractivity contribution is 0.576. The smallest absolute Gasteiger partial charge is 0.0457 e. The Hall–Kier alpha value is -2.06. The number of fused-ring (bicyclic) bond motifs is 1. The average molecular weight is 264 g/mol. The molecule has 2 aromatic carbocycles. The van der Waals surface area contributed by atoms with Crippen LogP contribution >= 0.6 is 0 Å². The van der Waals surface area contributed by atoms with E-state index in [4.69, 9.17) is 0 Å². The highest BCUT2D eigenvalue weighted by Crippen LogP contribution is 2.19. The Bertz CT molecular complexity index is 712. The van der Waals surface area contributed by atoms with E-state index in [0.717, 1.165) is 6.54 Å². The van der Waals surface area contributed by atoms with E-state index >= 15 is 0 Å². The number of hydrogen-bond donors (Lipinski definition) is 2. The predicted octanol–water partition coefficient (Wildman–Crippen LogP) is 4.33. The van der Waals surface area contributed by atoms with Crippen LogP contribution in [0.4, 0.5) is 0 Å². The van der Waals surface area contributed by atoms with Crippen LogP contribution in [0.15, 0.2) is 54.7 Å². The standard InChI is InChI=1S/C18H20N2/c1-13-6-5-7-15(10-13)14(2)19-11-16-12-20-18-9-4-3-8-17(16)18/h3-10,12,14,19-20H,11H2,1-2H3/t14-/m0/s1. The van der Waals surface area contributed by atoms with Crippen LogP contribution in [-0.4, -0.2) is 4.98 Å². The van der Waals surface area contributed by atoms with Crippen molar-refractivity contribution in [2.24, 2.45) is 0 Å². The Morgan fingerprint density at radius 1 is 1.10 bits per heavy atom. The third kappa shape index (κ3) is 2.61. The van der Waals surface area contributed by atoms with Gasteiger partial charge in [-0.2, -0.15) is 0 Å². The van der Waals surface area contributed by atoms with Gasteiger partial charge in [0, 0.05) is 29.7 Å². The predicted molar refractivity (Wildman–Crippen MR) is 84.7 cm³/mol. The van der Waals surface area contributed by atoms with Gasteiger partial charge in [0.2, 0.25) is 0 Å². The zero-order chi connectivity index (χ0) is 13.9. The summed E-state index contributed by atoms with van der Waals surface area (Å²) in [7, 11) is 0. The molecule has 0 amide bonds. The summed E-state index contributed by atoms with van der Waals surface area (Å²) in [4.78, 5) is 3.32. The van der Waals surface area contributed by atoms with E-state index in [9.17, 15) is 0 Å². The average Bonchev–Trinajstić information content (AvgIpc) is 2.88. The molecule has 1 atom stereocenters. The van der Waals surface area contributed by atoms with Crippen LogP contribution in [-0.2, 0) is 6.54 Å². The van der Waals surface area contributed by atoms with Gasteiger partial charge in [-0.25, -0.2) is 0 Å². The van der Waals surface area contributed by atoms with Gasteiger partial charge in [0.15, 0.2) is 0 Å². The molecule has 3 aromatic rings. The highest BCUT2D eigenvalue weighted by Gasteiger charge is 2.07. The van der Waals surface area contributed by atoms with E-state index in [1.54, 1.807) is 0 Å². The first-order chi connectivity index (χ1) is 9.74. The van der Waals surface area contributed by atoms with Crippen LogP contribution in [0, 0.1) is 6.92 Å². The maximum atomic E-state index is 3.60. The Kier molecular flexibility index (Phi) is 3.57. The van der Waals surface area contributed by atoms with Crippen molar-refractivity contribution in [1.82, 2.24) is 10.3 Å². The second kappa shape index (κ2) is 5.51. The van der Waals surface area contributed by atoms with Crippen molar-refractivity contribution in [1.29, 1.82) is 0 Å². The van der Waals surface area contributed by atoms with E-state index in [1.165, 1.54) is 27.6 Å². The molecule has 0 aliphatic carbocycles. The monoisotopic (exact) mass is 264 g/mol. The van der Waals surface area contributed by atoms with Gasteiger partial charge < -0.3 is 10.3 Å². The number of H-pyrrole nitrogens is 1. The summed E-state index contributed by atoms with van der Waals surface area (Å²) in [5.41, 5.74) is 5.17. The number of aromatic amines is 1. The van der Waals surface area contributed by atoms with Gasteiger partial charge in [0.05, 0.1) is 0 Å². The summed E-state index contributed by atoms with van der Waals surface area (Å²) < 4.78 is 0. The molecule has 0 radical (unpaired) electrons. The van der Waals surface area contributed by atoms with Gasteiger partial charge in [0.1, 0.15) is 0 Å². The number of hydrogen-bond acceptors (Lipinski definition) is 1. The van der Waals surface area contributed by atoms with E-state index in [0.29, 0.717) is 6.04 Å². The molecule has 0 spiro atoms. The van der Waals surface area contributed by atoms with E-state index in [2.05, 4.69) is 78.9 Å². The summed E-state index contributed by atoms with van der Waals surface area (Å²) in [6.45, 7) is 5.22. The van der Waals surface area contributed by atoms with Gasteiger partial charge in [-0.3, -0.25) is 0 Å². The molecule has 0 saturated carbocycles. The van der Waals surface area contributed by atoms with Crippen molar-refractivity contribution in [3.8, 4) is 0 Å². The topological polar surface area (TPSA) is 27.8 Å². The summed E-state index contributed by atoms with van der Waals surface area (Å²) >= 11 is 0. The van der Waals surface area contributed by atoms with Crippen molar-refractivity contribution in [2.75, 3.05) is 0 Å². The number of nitrogens with one attached hydrogen (secondary N) is 2. The van der Waals surface area contributed by atoms with Crippen LogP contribution in [0.3, 0.4) is 0 Å². The van der Waals surface area contributed by atoms with Gasteiger partial charge in [-0.1, -0.05) is 48.0 Å². The van der Waals surface area contributed by atoms with Crippen LogP contribution in [0.2, 0.25) is 0 Å². The molecule has 2 nitrogen and oxygen atoms in total. The minimum absolute atomic E-state index is 0.351. The summed E-state index contributed by atoms with van der Waals surface area (Å²) in [5.74, 6) is 0. The molecule has 0 fully saturated rings. The van der Waals surface area contributed by atoms with Crippen LogP contribution in [0.25, 0.3) is 10.9 Å². The first-order valence-electron chi connectivity index (χ1n) is 7.09. The summed E-state index contributed by atoms with van der Waals surface area (Å²) in [5, 5.41) is 4.90. The Morgan fingerprint density at radius 3 is 2.80 bits per heavy atom. The molecule has 0 aliphatic rings. The molecule has 1 heterocycles. The number of aromatic nitrogens is 1. The molecule has 0 unspecified atom stereocenters. The molecule has 0 bridgehead atoms. The summed E-state index contributed by atoms with van der Waals surface area (Å²) in [6, 6.07) is 17.5. The first kappa shape index (κ1) is 12.9. The summed E-state index contributed by atoms with van der Waals surface area (Å²) in [6.07, 6.45) is 2.10. The zero-order valence-electron chi connectivity index (χ0n) is 12.0. The Balaban J connectivity index is 1.73. The molecule has 2 N–H and O–H groups in total. The minimum Gasteiger partial charge on any atom is -0.361 e. The van der Waals surface area contributed by atoms with Crippen molar-refractivity contribution in [3.05, 3.63) is 71.4 Å². The van der Waals surface area contributed by atoms with Crippen molar-refractivity contribution < 1.29 is 0 Å². The molecular formula is C18H20N2. The van der Waals surface area contributed by atoms with Crippen LogP contribution in [0.5, 0.6) is 0 Å². The Labute approximate surface area is 119 Å². The van der Waals surface area contributed by atoms with E-state index < -0.39 is 0 Å². The number of aryl methyl sites for hydroxylation is 1. The Morgan fingerprint density at radius 2 is 1.95 bits per heavy atom. The third-order valence-electron chi connectivity index (χ3n) is 3.82. The van der Waals surface area contributed by atoms with Gasteiger partial charge >= 0.3 is 0 Å². The maximum absolute atomic E-state index is 3.60. The molecule has 1 aromatic heterocycles. The molecule has 0 aliphatic heterocycles. The largest absolute Gasteiger partial charge is 0.361 e. The molecule has 102 valence electrons. The quantitative estimate of drug-likeness (QED) is 0.721. The molecule has 0 saturated heterocycles. The second-order valence-electron chi connectivity index (χ2n) is 5.38. The number of para-hydroxylation sites is 1. The number of benzene rings is 2. The maximum Gasteiger partial charge on any atom is 0.0457 e. The first-order valence-corrected chi connectivity index (χ1v) is 7.09. The fraction of sp³-hybridized carbons (Fsp3) is 0.222. The zero-order valence-corrected chi connectivity index (χ0v) is 12.0. The lowest BCUT2D eigenvalue weighted by Gasteiger charge is -2.14. The lowest BCUT2D eigenvalue weighted by Crippen LogP contribution is -2.17. The molecular weight excluding hydrogens is 244 g/mol. The van der Waals surface area contributed by atoms with Crippen LogP contribution in [0.1, 0.15) is 29.7 Å². The van der Waals surface area contributed by atoms with Crippen molar-refractivity contribution >= 4 is 10.9 Å². The fourth-order valence-corrected chi connectivity index (χ4v) is 2.60. The third-order valence-corrected chi connectivity index (χ3v) is 3.82. The minimum atomic E-state index is 0.351. The highest BCUT2D eigenvalue weighted by atomic mass is 14.9. The van der Waals surface area contributed by atoms with Crippen molar-refractivity contribution in [2.45, 2.75) is 26.4 Å². The van der Waals surface area contributed by atoms with Gasteiger partial charge in [0.25, 0.3) is 0 Å². The van der Waals surface area contributed by atoms with Gasteiger partial charge in [-0.05, 0) is 31.0 Å². The second-order valence-corrected chi connectivity index (χ2v) is 5.38.